The van der Waals surface area contributed by atoms with Crippen molar-refractivity contribution in [2.45, 2.75) is 25.7 Å². The molecule has 0 bridgehead atoms. The predicted octanol–water partition coefficient (Wildman–Crippen LogP) is 7.33. The van der Waals surface area contributed by atoms with Gasteiger partial charge in [0.15, 0.2) is 5.84 Å². The summed E-state index contributed by atoms with van der Waals surface area (Å²) in [5, 5.41) is 10.1. The third-order valence-corrected chi connectivity index (χ3v) is 8.09. The number of para-hydroxylation sites is 1. The molecule has 1 aromatic heterocycles. The van der Waals surface area contributed by atoms with Gasteiger partial charge in [0.05, 0.1) is 0 Å². The molecule has 0 spiro atoms. The molecule has 0 radical (unpaired) electrons. The molecule has 0 saturated carbocycles. The number of fused-ring (bicyclic) bond motifs is 5. The third kappa shape index (κ3) is 3.76. The molecule has 4 heteroatoms. The summed E-state index contributed by atoms with van der Waals surface area (Å²) < 4.78 is 6.25. The molecule has 0 aliphatic heterocycles. The number of hydrogen-bond donors (Lipinski definition) is 2. The summed E-state index contributed by atoms with van der Waals surface area (Å²) in [4.78, 5) is 4.58. The number of benzene rings is 2. The van der Waals surface area contributed by atoms with Crippen molar-refractivity contribution in [1.29, 1.82) is 5.41 Å². The molecule has 0 saturated heterocycles. The largest absolute Gasteiger partial charge is 0.460 e. The quantitative estimate of drug-likeness (QED) is 0.295. The Hall–Kier alpha value is -4.44. The Morgan fingerprint density at radius 2 is 1.87 bits per heavy atom. The zero-order chi connectivity index (χ0) is 25.6. The lowest BCUT2D eigenvalue weighted by Gasteiger charge is -2.33. The summed E-state index contributed by atoms with van der Waals surface area (Å²) in [6.45, 7) is 0. The number of rotatable bonds is 3. The van der Waals surface area contributed by atoms with Crippen molar-refractivity contribution in [3.63, 3.8) is 0 Å². The molecule has 4 nitrogen and oxygen atoms in total. The van der Waals surface area contributed by atoms with E-state index in [2.05, 4.69) is 83.9 Å². The molecule has 3 aromatic rings. The van der Waals surface area contributed by atoms with Crippen molar-refractivity contribution in [3.8, 4) is 0 Å². The number of aryl methyl sites for hydroxylation is 2. The molecule has 1 heterocycles. The molecule has 0 amide bonds. The van der Waals surface area contributed by atoms with Crippen LogP contribution in [0.3, 0.4) is 0 Å². The fourth-order valence-corrected chi connectivity index (χ4v) is 6.26. The molecule has 38 heavy (non-hydrogen) atoms. The van der Waals surface area contributed by atoms with E-state index in [0.29, 0.717) is 5.84 Å². The van der Waals surface area contributed by atoms with E-state index in [1.165, 1.54) is 27.6 Å². The highest BCUT2D eigenvalue weighted by Crippen LogP contribution is 2.46. The van der Waals surface area contributed by atoms with E-state index < -0.39 is 0 Å². The van der Waals surface area contributed by atoms with Crippen LogP contribution in [0.25, 0.3) is 22.6 Å². The molecule has 7 rings (SSSR count). The van der Waals surface area contributed by atoms with Crippen LogP contribution < -0.4 is 5.73 Å². The molecule has 2 atom stereocenters. The van der Waals surface area contributed by atoms with Crippen LogP contribution in [0, 0.1) is 17.2 Å². The van der Waals surface area contributed by atoms with Crippen molar-refractivity contribution in [1.82, 2.24) is 0 Å². The highest BCUT2D eigenvalue weighted by molar-refractivity contribution is 6.11. The second-order valence-corrected chi connectivity index (χ2v) is 10.3. The Morgan fingerprint density at radius 1 is 0.947 bits per heavy atom. The number of amidine groups is 2. The first-order valence-corrected chi connectivity index (χ1v) is 13.4. The van der Waals surface area contributed by atoms with Crippen molar-refractivity contribution in [2.24, 2.45) is 22.6 Å². The highest BCUT2D eigenvalue weighted by Gasteiger charge is 2.34. The SMILES string of the molecule is N=C(N=C(N)c1ccc2c(c1)CCC=C2)C1=C2C=CC=CC2C(C2=CCCc3oc4ccccc4c32)C=C1. The van der Waals surface area contributed by atoms with Crippen LogP contribution >= 0.6 is 0 Å². The van der Waals surface area contributed by atoms with Crippen LogP contribution in [0.4, 0.5) is 0 Å². The Balaban J connectivity index is 1.23. The predicted molar refractivity (Wildman–Crippen MR) is 156 cm³/mol. The summed E-state index contributed by atoms with van der Waals surface area (Å²) >= 11 is 0. The first kappa shape index (κ1) is 22.7. The van der Waals surface area contributed by atoms with E-state index in [-0.39, 0.29) is 17.7 Å². The zero-order valence-electron chi connectivity index (χ0n) is 21.2. The lowest BCUT2D eigenvalue weighted by atomic mass is 9.71. The normalized spacial score (nSPS) is 21.8. The van der Waals surface area contributed by atoms with E-state index in [0.717, 1.165) is 53.7 Å². The van der Waals surface area contributed by atoms with Gasteiger partial charge < -0.3 is 10.2 Å². The smallest absolute Gasteiger partial charge is 0.154 e. The van der Waals surface area contributed by atoms with Gasteiger partial charge in [-0.3, -0.25) is 5.41 Å². The van der Waals surface area contributed by atoms with Crippen LogP contribution in [0.15, 0.2) is 112 Å². The number of aliphatic imine (C=N–C) groups is 1. The minimum Gasteiger partial charge on any atom is -0.460 e. The van der Waals surface area contributed by atoms with Crippen molar-refractivity contribution in [2.75, 3.05) is 0 Å². The molecule has 2 unspecified atom stereocenters. The average molecular weight is 496 g/mol. The van der Waals surface area contributed by atoms with E-state index in [1.54, 1.807) is 0 Å². The number of allylic oxidation sites excluding steroid dienone is 9. The number of hydrogen-bond acceptors (Lipinski definition) is 2. The minimum atomic E-state index is 0.123. The Labute approximate surface area is 222 Å². The summed E-state index contributed by atoms with van der Waals surface area (Å²) in [7, 11) is 0. The van der Waals surface area contributed by atoms with Crippen LogP contribution in [0.1, 0.15) is 40.9 Å². The summed E-state index contributed by atoms with van der Waals surface area (Å²) in [5.41, 5.74) is 15.3. The Morgan fingerprint density at radius 3 is 2.82 bits per heavy atom. The summed E-state index contributed by atoms with van der Waals surface area (Å²) in [6.07, 6.45) is 23.5. The first-order chi connectivity index (χ1) is 18.7. The van der Waals surface area contributed by atoms with E-state index in [9.17, 15) is 0 Å². The van der Waals surface area contributed by atoms with Crippen LogP contribution in [0.5, 0.6) is 0 Å². The molecule has 4 aliphatic rings. The summed E-state index contributed by atoms with van der Waals surface area (Å²) in [5.74, 6) is 1.94. The van der Waals surface area contributed by atoms with Gasteiger partial charge >= 0.3 is 0 Å². The second-order valence-electron chi connectivity index (χ2n) is 10.3. The van der Waals surface area contributed by atoms with Crippen LogP contribution in [-0.4, -0.2) is 11.7 Å². The molecular formula is C34H29N3O. The molecule has 0 fully saturated rings. The zero-order valence-corrected chi connectivity index (χ0v) is 21.2. The van der Waals surface area contributed by atoms with Crippen molar-refractivity contribution < 1.29 is 4.42 Å². The maximum absolute atomic E-state index is 8.91. The van der Waals surface area contributed by atoms with Crippen LogP contribution in [0.2, 0.25) is 0 Å². The van der Waals surface area contributed by atoms with Gasteiger partial charge in [-0.15, -0.1) is 0 Å². The molecule has 4 aliphatic carbocycles. The van der Waals surface area contributed by atoms with Gasteiger partial charge in [-0.1, -0.05) is 85.0 Å². The lowest BCUT2D eigenvalue weighted by molar-refractivity contribution is 0.541. The second kappa shape index (κ2) is 9.14. The number of nitrogens with one attached hydrogen (secondary N) is 1. The minimum absolute atomic E-state index is 0.123. The molecule has 2 aromatic carbocycles. The number of furan rings is 1. The standard InChI is InChI=1S/C34H29N3O/c35-33(23-17-16-21-8-1-2-9-22(21)20-23)37-34(36)28-19-18-26(24-10-3-4-11-25(24)28)27-13-7-15-31-32(27)29-12-5-6-14-30(29)38-31/h1,3-6,8,10-14,16-20,24,26H,2,7,9,15H2,(H3,35,36,37). The maximum atomic E-state index is 8.91. The van der Waals surface area contributed by atoms with Crippen LogP contribution in [-0.2, 0) is 12.8 Å². The summed E-state index contributed by atoms with van der Waals surface area (Å²) in [6, 6.07) is 14.5. The maximum Gasteiger partial charge on any atom is 0.154 e. The van der Waals surface area contributed by atoms with E-state index in [4.69, 9.17) is 15.6 Å². The molecule has 3 N–H and O–H groups in total. The van der Waals surface area contributed by atoms with Gasteiger partial charge in [0.25, 0.3) is 0 Å². The van der Waals surface area contributed by atoms with E-state index in [1.807, 2.05) is 18.2 Å². The lowest BCUT2D eigenvalue weighted by Crippen LogP contribution is -2.24. The van der Waals surface area contributed by atoms with Gasteiger partial charge in [0, 0.05) is 40.3 Å². The van der Waals surface area contributed by atoms with E-state index >= 15 is 0 Å². The fourth-order valence-electron chi connectivity index (χ4n) is 6.26. The molecular weight excluding hydrogens is 466 g/mol. The topological polar surface area (TPSA) is 75.4 Å². The number of nitrogens with zero attached hydrogens (tertiary/aromatic N) is 1. The fraction of sp³-hybridized carbons (Fsp3) is 0.176. The van der Waals surface area contributed by atoms with Gasteiger partial charge in [0.2, 0.25) is 0 Å². The van der Waals surface area contributed by atoms with Gasteiger partial charge in [-0.25, -0.2) is 4.99 Å². The van der Waals surface area contributed by atoms with Crippen molar-refractivity contribution >= 4 is 34.3 Å². The monoisotopic (exact) mass is 495 g/mol. The van der Waals surface area contributed by atoms with Gasteiger partial charge in [-0.2, -0.15) is 0 Å². The first-order valence-electron chi connectivity index (χ1n) is 13.4. The Bertz CT molecular complexity index is 1700. The Kier molecular flexibility index (Phi) is 5.47. The number of nitrogens with two attached hydrogens (primary N) is 1. The average Bonchev–Trinajstić information content (AvgIpc) is 3.35. The third-order valence-electron chi connectivity index (χ3n) is 8.09. The highest BCUT2D eigenvalue weighted by atomic mass is 16.3. The van der Waals surface area contributed by atoms with Gasteiger partial charge in [-0.05, 0) is 53.7 Å². The van der Waals surface area contributed by atoms with Gasteiger partial charge in [0.1, 0.15) is 17.2 Å². The van der Waals surface area contributed by atoms with Crippen molar-refractivity contribution in [3.05, 3.63) is 130 Å². The molecule has 186 valence electrons.